The molecule has 0 spiro atoms. The van der Waals surface area contributed by atoms with Gasteiger partial charge in [0.25, 0.3) is 11.8 Å². The quantitative estimate of drug-likeness (QED) is 0.689. The third-order valence-electron chi connectivity index (χ3n) is 4.81. The van der Waals surface area contributed by atoms with Crippen molar-refractivity contribution >= 4 is 23.2 Å². The van der Waals surface area contributed by atoms with Crippen molar-refractivity contribution in [2.75, 3.05) is 26.2 Å². The van der Waals surface area contributed by atoms with Crippen molar-refractivity contribution in [2.45, 2.75) is 33.8 Å². The topological polar surface area (TPSA) is 62.7 Å². The second kappa shape index (κ2) is 9.51. The van der Waals surface area contributed by atoms with Gasteiger partial charge in [-0.2, -0.15) is 8.78 Å². The van der Waals surface area contributed by atoms with E-state index in [0.717, 1.165) is 17.1 Å². The Morgan fingerprint density at radius 2 is 1.70 bits per heavy atom. The van der Waals surface area contributed by atoms with Crippen molar-refractivity contribution in [3.05, 3.63) is 45.4 Å². The van der Waals surface area contributed by atoms with Crippen molar-refractivity contribution < 1.29 is 23.1 Å². The summed E-state index contributed by atoms with van der Waals surface area (Å²) in [5, 5.41) is 0.954. The van der Waals surface area contributed by atoms with Crippen LogP contribution in [-0.4, -0.2) is 59.4 Å². The Kier molecular flexibility index (Phi) is 7.02. The molecule has 30 heavy (non-hydrogen) atoms. The van der Waals surface area contributed by atoms with Gasteiger partial charge in [0.2, 0.25) is 0 Å². The molecule has 2 heterocycles. The molecule has 1 aliphatic rings. The molecule has 0 saturated carbocycles. The number of alkyl halides is 2. The summed E-state index contributed by atoms with van der Waals surface area (Å²) in [5.74, 6) is -0.140. The lowest BCUT2D eigenvalue weighted by Gasteiger charge is -2.34. The van der Waals surface area contributed by atoms with Gasteiger partial charge >= 0.3 is 6.61 Å². The predicted molar refractivity (Wildman–Crippen MR) is 110 cm³/mol. The van der Waals surface area contributed by atoms with Gasteiger partial charge in [-0.1, -0.05) is 26.0 Å². The summed E-state index contributed by atoms with van der Waals surface area (Å²) in [6.07, 6.45) is 0.834. The van der Waals surface area contributed by atoms with Crippen LogP contribution in [-0.2, 0) is 6.42 Å². The molecule has 9 heteroatoms. The van der Waals surface area contributed by atoms with Crippen molar-refractivity contribution in [3.63, 3.8) is 0 Å². The van der Waals surface area contributed by atoms with Gasteiger partial charge in [0.1, 0.15) is 10.6 Å². The third kappa shape index (κ3) is 5.13. The molecule has 3 rings (SSSR count). The molecule has 162 valence electrons. The van der Waals surface area contributed by atoms with E-state index in [1.807, 2.05) is 6.92 Å². The molecule has 2 aromatic rings. The molecule has 1 aromatic carbocycles. The number of amides is 2. The summed E-state index contributed by atoms with van der Waals surface area (Å²) in [6, 6.07) is 5.96. The second-order valence-electron chi connectivity index (χ2n) is 7.58. The van der Waals surface area contributed by atoms with Gasteiger partial charge in [-0.25, -0.2) is 4.98 Å². The van der Waals surface area contributed by atoms with E-state index in [1.165, 1.54) is 29.5 Å². The van der Waals surface area contributed by atoms with Crippen molar-refractivity contribution in [2.24, 2.45) is 5.92 Å². The summed E-state index contributed by atoms with van der Waals surface area (Å²) in [5.41, 5.74) is 0.825. The van der Waals surface area contributed by atoms with Crippen LogP contribution in [0.2, 0.25) is 0 Å². The van der Waals surface area contributed by atoms with E-state index in [0.29, 0.717) is 37.0 Å². The molecule has 0 radical (unpaired) electrons. The van der Waals surface area contributed by atoms with Crippen LogP contribution in [0.4, 0.5) is 8.78 Å². The van der Waals surface area contributed by atoms with Crippen LogP contribution in [0.1, 0.15) is 44.6 Å². The van der Waals surface area contributed by atoms with Crippen LogP contribution in [0.25, 0.3) is 0 Å². The number of nitrogens with zero attached hydrogens (tertiary/aromatic N) is 3. The summed E-state index contributed by atoms with van der Waals surface area (Å²) in [7, 11) is 0. The lowest BCUT2D eigenvalue weighted by molar-refractivity contribution is -0.0503. The Morgan fingerprint density at radius 3 is 2.30 bits per heavy atom. The Hall–Kier alpha value is -2.55. The number of halogens is 2. The Balaban J connectivity index is 1.64. The summed E-state index contributed by atoms with van der Waals surface area (Å²) >= 11 is 1.43. The zero-order valence-electron chi connectivity index (χ0n) is 17.2. The van der Waals surface area contributed by atoms with Gasteiger partial charge < -0.3 is 14.5 Å². The van der Waals surface area contributed by atoms with E-state index in [2.05, 4.69) is 23.6 Å². The van der Waals surface area contributed by atoms with Gasteiger partial charge in [-0.15, -0.1) is 11.3 Å². The van der Waals surface area contributed by atoms with Gasteiger partial charge in [-0.05, 0) is 25.0 Å². The van der Waals surface area contributed by atoms with Gasteiger partial charge in [0.05, 0.1) is 16.3 Å². The van der Waals surface area contributed by atoms with Gasteiger partial charge in [0.15, 0.2) is 0 Å². The monoisotopic (exact) mass is 437 g/mol. The van der Waals surface area contributed by atoms with Gasteiger partial charge in [-0.3, -0.25) is 9.59 Å². The fourth-order valence-corrected chi connectivity index (χ4v) is 4.60. The number of aryl methyl sites for hydroxylation is 1. The van der Waals surface area contributed by atoms with E-state index in [4.69, 9.17) is 0 Å². The van der Waals surface area contributed by atoms with Gasteiger partial charge in [0, 0.05) is 32.6 Å². The molecule has 0 aliphatic carbocycles. The fraction of sp³-hybridized carbons (Fsp3) is 0.476. The fourth-order valence-electron chi connectivity index (χ4n) is 3.36. The van der Waals surface area contributed by atoms with E-state index in [1.54, 1.807) is 15.9 Å². The summed E-state index contributed by atoms with van der Waals surface area (Å²) in [4.78, 5) is 34.2. The molecule has 6 nitrogen and oxygen atoms in total. The van der Waals surface area contributed by atoms with Crippen LogP contribution < -0.4 is 4.74 Å². The van der Waals surface area contributed by atoms with Crippen molar-refractivity contribution in [3.8, 4) is 5.75 Å². The van der Waals surface area contributed by atoms with E-state index >= 15 is 0 Å². The lowest BCUT2D eigenvalue weighted by Crippen LogP contribution is -2.50. The number of ether oxygens (including phenoxy) is 1. The Morgan fingerprint density at radius 1 is 1.10 bits per heavy atom. The SMILES string of the molecule is Cc1nc(CC(C)C)sc1C(=O)N1CCN(C(=O)c2ccccc2OC(F)F)CC1. The molecule has 1 aromatic heterocycles. The third-order valence-corrected chi connectivity index (χ3v) is 5.97. The van der Waals surface area contributed by atoms with Crippen molar-refractivity contribution in [1.82, 2.24) is 14.8 Å². The first-order chi connectivity index (χ1) is 14.3. The minimum atomic E-state index is -3.00. The van der Waals surface area contributed by atoms with Crippen LogP contribution in [0.5, 0.6) is 5.75 Å². The van der Waals surface area contributed by atoms with Crippen LogP contribution in [0, 0.1) is 12.8 Å². The first-order valence-electron chi connectivity index (χ1n) is 9.85. The van der Waals surface area contributed by atoms with E-state index < -0.39 is 6.61 Å². The number of carbonyl (C=O) groups is 2. The second-order valence-corrected chi connectivity index (χ2v) is 8.66. The van der Waals surface area contributed by atoms with E-state index in [-0.39, 0.29) is 23.1 Å². The lowest BCUT2D eigenvalue weighted by atomic mass is 10.1. The highest BCUT2D eigenvalue weighted by Crippen LogP contribution is 2.25. The largest absolute Gasteiger partial charge is 0.434 e. The minimum absolute atomic E-state index is 0.0754. The normalized spacial score (nSPS) is 14.5. The number of hydrogen-bond acceptors (Lipinski definition) is 5. The smallest absolute Gasteiger partial charge is 0.387 e. The number of carbonyl (C=O) groups excluding carboxylic acids is 2. The summed E-state index contributed by atoms with van der Waals surface area (Å²) < 4.78 is 29.7. The number of para-hydroxylation sites is 1. The van der Waals surface area contributed by atoms with E-state index in [9.17, 15) is 18.4 Å². The molecule has 2 amide bonds. The zero-order chi connectivity index (χ0) is 21.8. The van der Waals surface area contributed by atoms with Crippen LogP contribution >= 0.6 is 11.3 Å². The number of piperazine rings is 1. The molecule has 0 N–H and O–H groups in total. The molecular weight excluding hydrogens is 412 g/mol. The highest BCUT2D eigenvalue weighted by atomic mass is 32.1. The number of hydrogen-bond donors (Lipinski definition) is 0. The van der Waals surface area contributed by atoms with Crippen LogP contribution in [0.15, 0.2) is 24.3 Å². The maximum Gasteiger partial charge on any atom is 0.387 e. The number of benzene rings is 1. The molecule has 1 fully saturated rings. The average molecular weight is 438 g/mol. The average Bonchev–Trinajstić information content (AvgIpc) is 3.06. The standard InChI is InChI=1S/C21H25F2N3O3S/c1-13(2)12-17-24-14(3)18(30-17)20(28)26-10-8-25(9-11-26)19(27)15-6-4-5-7-16(15)29-21(22)23/h4-7,13,21H,8-12H2,1-3H3. The minimum Gasteiger partial charge on any atom is -0.434 e. The molecule has 1 saturated heterocycles. The number of thiazole rings is 1. The Bertz CT molecular complexity index is 909. The molecule has 1 aliphatic heterocycles. The zero-order valence-corrected chi connectivity index (χ0v) is 18.0. The summed E-state index contributed by atoms with van der Waals surface area (Å²) in [6.45, 7) is 4.45. The highest BCUT2D eigenvalue weighted by Gasteiger charge is 2.29. The Labute approximate surface area is 178 Å². The highest BCUT2D eigenvalue weighted by molar-refractivity contribution is 7.13. The molecule has 0 atom stereocenters. The number of rotatable bonds is 6. The molecular formula is C21H25F2N3O3S. The predicted octanol–water partition coefficient (Wildman–Crippen LogP) is 3.85. The maximum atomic E-state index is 12.9. The molecule has 0 bridgehead atoms. The maximum absolute atomic E-state index is 12.9. The number of aromatic nitrogens is 1. The molecule has 0 unspecified atom stereocenters. The van der Waals surface area contributed by atoms with Crippen LogP contribution in [0.3, 0.4) is 0 Å². The van der Waals surface area contributed by atoms with Crippen molar-refractivity contribution in [1.29, 1.82) is 0 Å². The first kappa shape index (κ1) is 22.1. The first-order valence-corrected chi connectivity index (χ1v) is 10.7.